The standard InChI is InChI=1S/C14H17IN4O/c1-11-8-9-19(20)15-14(10-11)17-16-12-4-6-13(7-5-12)18(2)3/h4-10,20H,1-3H3. The van der Waals surface area contributed by atoms with E-state index in [2.05, 4.69) is 10.2 Å². The minimum absolute atomic E-state index is 0.710. The van der Waals surface area contributed by atoms with E-state index in [9.17, 15) is 5.21 Å². The van der Waals surface area contributed by atoms with Crippen molar-refractivity contribution >= 4 is 36.0 Å². The average Bonchev–Trinajstić information content (AvgIpc) is 2.58. The first-order chi connectivity index (χ1) is 9.54. The van der Waals surface area contributed by atoms with Gasteiger partial charge in [0.05, 0.1) is 26.7 Å². The van der Waals surface area contributed by atoms with E-state index in [0.717, 1.165) is 20.6 Å². The predicted molar refractivity (Wildman–Crippen MR) is 90.8 cm³/mol. The van der Waals surface area contributed by atoms with Gasteiger partial charge >= 0.3 is 0 Å². The fourth-order valence-electron chi connectivity index (χ4n) is 1.53. The van der Waals surface area contributed by atoms with Gasteiger partial charge < -0.3 is 4.90 Å². The van der Waals surface area contributed by atoms with Crippen LogP contribution in [0.15, 0.2) is 58.4 Å². The molecule has 1 aromatic carbocycles. The second-order valence-electron chi connectivity index (χ2n) is 4.51. The molecule has 0 fully saturated rings. The highest BCUT2D eigenvalue weighted by atomic mass is 127. The third-order valence-corrected chi connectivity index (χ3v) is 4.44. The summed E-state index contributed by atoms with van der Waals surface area (Å²) in [6, 6.07) is 7.87. The molecule has 1 aliphatic rings. The molecule has 0 unspecified atom stereocenters. The summed E-state index contributed by atoms with van der Waals surface area (Å²) >= 11 is -0.710. The largest absolute Gasteiger partial charge is 0.378 e. The lowest BCUT2D eigenvalue weighted by Gasteiger charge is -2.11. The van der Waals surface area contributed by atoms with Gasteiger partial charge in [-0.1, -0.05) is 0 Å². The molecule has 5 nitrogen and oxygen atoms in total. The number of azo groups is 1. The van der Waals surface area contributed by atoms with Gasteiger partial charge in [-0.3, -0.25) is 5.21 Å². The maximum absolute atomic E-state index is 9.61. The zero-order valence-corrected chi connectivity index (χ0v) is 13.8. The Hall–Kier alpha value is -1.54. The molecule has 1 aliphatic heterocycles. The van der Waals surface area contributed by atoms with Crippen molar-refractivity contribution in [1.82, 2.24) is 3.28 Å². The Balaban J connectivity index is 2.14. The van der Waals surface area contributed by atoms with Gasteiger partial charge in [-0.05, 0) is 48.9 Å². The molecule has 6 heteroatoms. The van der Waals surface area contributed by atoms with Crippen molar-refractivity contribution in [3.63, 3.8) is 0 Å². The molecule has 0 spiro atoms. The second-order valence-corrected chi connectivity index (χ2v) is 7.09. The SMILES string of the molecule is CC1=CC(N=Nc2ccc(N(C)C)cc2)=IN(O)C=C1. The zero-order chi connectivity index (χ0) is 14.5. The predicted octanol–water partition coefficient (Wildman–Crippen LogP) is 4.02. The first-order valence-electron chi connectivity index (χ1n) is 6.10. The van der Waals surface area contributed by atoms with E-state index in [1.165, 1.54) is 3.28 Å². The highest BCUT2D eigenvalue weighted by Gasteiger charge is 2.01. The summed E-state index contributed by atoms with van der Waals surface area (Å²) in [6.45, 7) is 1.97. The van der Waals surface area contributed by atoms with Crippen LogP contribution in [0, 0.1) is 0 Å². The molecule has 0 aliphatic carbocycles. The Morgan fingerprint density at radius 2 is 1.85 bits per heavy atom. The zero-order valence-electron chi connectivity index (χ0n) is 11.7. The van der Waals surface area contributed by atoms with Gasteiger partial charge in [-0.2, -0.15) is 5.11 Å². The Kier molecular flexibility index (Phi) is 5.02. The van der Waals surface area contributed by atoms with E-state index in [-0.39, 0.29) is 0 Å². The molecule has 1 heterocycles. The minimum atomic E-state index is -0.710. The molecule has 0 radical (unpaired) electrons. The quantitative estimate of drug-likeness (QED) is 0.487. The van der Waals surface area contributed by atoms with Gasteiger partial charge in [0.1, 0.15) is 3.63 Å². The van der Waals surface area contributed by atoms with Gasteiger partial charge in [0.2, 0.25) is 0 Å². The molecule has 0 saturated carbocycles. The Bertz CT molecular complexity index is 588. The number of hydroxylamine groups is 1. The van der Waals surface area contributed by atoms with Gasteiger partial charge in [0, 0.05) is 26.0 Å². The number of rotatable bonds is 3. The Morgan fingerprint density at radius 3 is 2.50 bits per heavy atom. The van der Waals surface area contributed by atoms with Crippen LogP contribution in [-0.2, 0) is 0 Å². The van der Waals surface area contributed by atoms with Gasteiger partial charge in [-0.25, -0.2) is 3.28 Å². The van der Waals surface area contributed by atoms with Crippen LogP contribution in [0.4, 0.5) is 11.4 Å². The monoisotopic (exact) mass is 384 g/mol. The molecule has 1 aromatic rings. The van der Waals surface area contributed by atoms with E-state index < -0.39 is 21.0 Å². The van der Waals surface area contributed by atoms with Gasteiger partial charge in [0.15, 0.2) is 0 Å². The summed E-state index contributed by atoms with van der Waals surface area (Å²) in [5, 5.41) is 18.1. The Morgan fingerprint density at radius 1 is 1.15 bits per heavy atom. The summed E-state index contributed by atoms with van der Waals surface area (Å²) in [5.74, 6) is 0. The molecule has 1 N–H and O–H groups in total. The summed E-state index contributed by atoms with van der Waals surface area (Å²) < 4.78 is 2.03. The van der Waals surface area contributed by atoms with Crippen molar-refractivity contribution in [2.24, 2.45) is 10.2 Å². The summed E-state index contributed by atoms with van der Waals surface area (Å²) in [7, 11) is 4.00. The van der Waals surface area contributed by atoms with E-state index >= 15 is 0 Å². The first kappa shape index (κ1) is 14.9. The van der Waals surface area contributed by atoms with Crippen molar-refractivity contribution in [3.05, 3.63) is 48.2 Å². The van der Waals surface area contributed by atoms with Gasteiger partial charge in [-0.15, -0.1) is 5.11 Å². The highest BCUT2D eigenvalue weighted by Crippen LogP contribution is 2.20. The summed E-state index contributed by atoms with van der Waals surface area (Å²) in [4.78, 5) is 2.04. The smallest absolute Gasteiger partial charge is 0.137 e. The van der Waals surface area contributed by atoms with Crippen molar-refractivity contribution in [2.45, 2.75) is 6.92 Å². The molecule has 0 atom stereocenters. The molecule has 0 bridgehead atoms. The number of anilines is 1. The lowest BCUT2D eigenvalue weighted by atomic mass is 10.3. The maximum Gasteiger partial charge on any atom is 0.137 e. The third kappa shape index (κ3) is 4.24. The molecular formula is C14H17IN4O. The van der Waals surface area contributed by atoms with E-state index in [1.54, 1.807) is 6.20 Å². The van der Waals surface area contributed by atoms with Crippen LogP contribution in [0.25, 0.3) is 0 Å². The van der Waals surface area contributed by atoms with Gasteiger partial charge in [0.25, 0.3) is 0 Å². The number of benzene rings is 1. The normalized spacial score (nSPS) is 15.5. The van der Waals surface area contributed by atoms with Crippen molar-refractivity contribution in [2.75, 3.05) is 19.0 Å². The number of hydrogen-bond acceptors (Lipinski definition) is 5. The molecule has 0 amide bonds. The molecule has 0 aromatic heterocycles. The van der Waals surface area contributed by atoms with Crippen LogP contribution < -0.4 is 4.90 Å². The summed E-state index contributed by atoms with van der Waals surface area (Å²) in [5.41, 5.74) is 2.98. The van der Waals surface area contributed by atoms with E-state index in [1.807, 2.05) is 62.3 Å². The van der Waals surface area contributed by atoms with Crippen LogP contribution in [-0.4, -0.2) is 26.2 Å². The number of allylic oxidation sites excluding steroid dienone is 2. The number of nitrogens with zero attached hydrogens (tertiary/aromatic N) is 4. The molecule has 0 saturated heterocycles. The van der Waals surface area contributed by atoms with Crippen molar-refractivity contribution in [3.8, 4) is 0 Å². The summed E-state index contributed by atoms with van der Waals surface area (Å²) in [6.07, 6.45) is 5.47. The molecule has 2 rings (SSSR count). The Labute approximate surface area is 129 Å². The number of hydrogen-bond donors (Lipinski definition) is 1. The maximum atomic E-state index is 9.61. The molecule has 106 valence electrons. The molecule has 20 heavy (non-hydrogen) atoms. The second kappa shape index (κ2) is 6.76. The van der Waals surface area contributed by atoms with Crippen LogP contribution in [0.2, 0.25) is 0 Å². The average molecular weight is 384 g/mol. The minimum Gasteiger partial charge on any atom is -0.378 e. The van der Waals surface area contributed by atoms with Crippen LogP contribution in [0.5, 0.6) is 0 Å². The lowest BCUT2D eigenvalue weighted by molar-refractivity contribution is 0.0928. The van der Waals surface area contributed by atoms with Crippen LogP contribution >= 0.6 is 21.0 Å². The first-order valence-corrected chi connectivity index (χ1v) is 8.15. The van der Waals surface area contributed by atoms with Crippen LogP contribution in [0.1, 0.15) is 6.92 Å². The molecular weight excluding hydrogens is 367 g/mol. The third-order valence-electron chi connectivity index (χ3n) is 2.61. The number of halogens is 1. The fourth-order valence-corrected chi connectivity index (χ4v) is 3.19. The van der Waals surface area contributed by atoms with E-state index in [0.29, 0.717) is 0 Å². The van der Waals surface area contributed by atoms with Crippen LogP contribution in [0.3, 0.4) is 0 Å². The lowest BCUT2D eigenvalue weighted by Crippen LogP contribution is -2.07. The fraction of sp³-hybridized carbons (Fsp3) is 0.214. The van der Waals surface area contributed by atoms with Crippen molar-refractivity contribution in [1.29, 1.82) is 0 Å². The van der Waals surface area contributed by atoms with Crippen molar-refractivity contribution < 1.29 is 5.21 Å². The van der Waals surface area contributed by atoms with E-state index in [4.69, 9.17) is 0 Å². The topological polar surface area (TPSA) is 51.4 Å². The highest BCUT2D eigenvalue weighted by molar-refractivity contribution is 14.2.